The second kappa shape index (κ2) is 9.95. The van der Waals surface area contributed by atoms with Crippen LogP contribution in [-0.2, 0) is 10.2 Å². The number of rotatable bonds is 3. The van der Waals surface area contributed by atoms with Crippen LogP contribution in [0.5, 0.6) is 0 Å². The van der Waals surface area contributed by atoms with Crippen molar-refractivity contribution in [2.24, 2.45) is 5.73 Å². The molecule has 1 saturated heterocycles. The highest BCUT2D eigenvalue weighted by atomic mass is 16.1. The molecule has 34 heavy (non-hydrogen) atoms. The van der Waals surface area contributed by atoms with Crippen LogP contribution in [0.3, 0.4) is 0 Å². The minimum atomic E-state index is -0.203. The number of para-hydroxylation sites is 2. The van der Waals surface area contributed by atoms with E-state index in [1.54, 1.807) is 23.9 Å². The molecule has 0 unspecified atom stereocenters. The maximum absolute atomic E-state index is 12.6. The van der Waals surface area contributed by atoms with Crippen LogP contribution in [0.2, 0.25) is 0 Å². The molecule has 2 amide bonds. The van der Waals surface area contributed by atoms with E-state index < -0.39 is 0 Å². The normalized spacial score (nSPS) is 17.9. The number of hydrogen-bond donors (Lipinski definition) is 3. The summed E-state index contributed by atoms with van der Waals surface area (Å²) < 4.78 is 0. The lowest BCUT2D eigenvalue weighted by Crippen LogP contribution is -2.42. The summed E-state index contributed by atoms with van der Waals surface area (Å²) in [6.07, 6.45) is 5.44. The van der Waals surface area contributed by atoms with Crippen molar-refractivity contribution >= 4 is 29.5 Å². The number of primary amides is 1. The second-order valence-corrected chi connectivity index (χ2v) is 9.04. The van der Waals surface area contributed by atoms with Crippen molar-refractivity contribution in [3.05, 3.63) is 83.6 Å². The maximum Gasteiger partial charge on any atom is 0.257 e. The number of nitrogens with zero attached hydrogens (tertiary/aromatic N) is 2. The van der Waals surface area contributed by atoms with Crippen LogP contribution in [0, 0.1) is 0 Å². The van der Waals surface area contributed by atoms with Crippen LogP contribution < -0.4 is 21.7 Å². The van der Waals surface area contributed by atoms with Crippen LogP contribution in [0.1, 0.15) is 53.6 Å². The fraction of sp³-hybridized carbons (Fsp3) is 0.296. The van der Waals surface area contributed by atoms with E-state index in [2.05, 4.69) is 52.1 Å². The Hall–Kier alpha value is -3.87. The van der Waals surface area contributed by atoms with E-state index in [-0.39, 0.29) is 12.3 Å². The van der Waals surface area contributed by atoms with E-state index >= 15 is 0 Å². The molecule has 0 bridgehead atoms. The minimum absolute atomic E-state index is 0.203. The van der Waals surface area contributed by atoms with Crippen LogP contribution in [0.15, 0.2) is 66.9 Å². The first kappa shape index (κ1) is 23.3. The van der Waals surface area contributed by atoms with Gasteiger partial charge in [0.2, 0.25) is 6.41 Å². The minimum Gasteiger partial charge on any atom is -0.397 e. The number of anilines is 3. The van der Waals surface area contributed by atoms with Gasteiger partial charge in [0.05, 0.1) is 16.9 Å². The number of carbonyl (C=O) groups is 2. The van der Waals surface area contributed by atoms with Gasteiger partial charge in [0.15, 0.2) is 0 Å². The Morgan fingerprint density at radius 2 is 1.76 bits per heavy atom. The summed E-state index contributed by atoms with van der Waals surface area (Å²) in [5.74, 6) is 1.37. The molecule has 1 aliphatic heterocycles. The molecule has 1 aromatic heterocycles. The second-order valence-electron chi connectivity index (χ2n) is 9.04. The Bertz CT molecular complexity index is 1150. The average Bonchev–Trinajstić information content (AvgIpc) is 3.13. The highest BCUT2D eigenvalue weighted by Crippen LogP contribution is 2.51. The number of pyridine rings is 1. The molecule has 1 aliphatic carbocycles. The van der Waals surface area contributed by atoms with Gasteiger partial charge in [-0.2, -0.15) is 0 Å². The number of hydrogen-bond acceptors (Lipinski definition) is 5. The monoisotopic (exact) mass is 457 g/mol. The summed E-state index contributed by atoms with van der Waals surface area (Å²) in [6.45, 7) is 4.33. The number of benzene rings is 2. The van der Waals surface area contributed by atoms with E-state index in [1.807, 2.05) is 24.3 Å². The fourth-order valence-corrected chi connectivity index (χ4v) is 5.37. The molecule has 2 aromatic carbocycles. The summed E-state index contributed by atoms with van der Waals surface area (Å²) in [6, 6.07) is 20.0. The Labute approximate surface area is 200 Å². The molecule has 0 radical (unpaired) electrons. The van der Waals surface area contributed by atoms with Gasteiger partial charge < -0.3 is 21.7 Å². The molecule has 2 aliphatic rings. The Morgan fingerprint density at radius 3 is 2.44 bits per heavy atom. The third kappa shape index (κ3) is 4.59. The SMILES string of the molecule is C[C@@H]1CC2(CCN(c3ccc(C(=O)Nc4ccccc4N)cn3)CC2)c2ccccc21.NC=O. The van der Waals surface area contributed by atoms with E-state index in [0.717, 1.165) is 31.7 Å². The van der Waals surface area contributed by atoms with Crippen LogP contribution in [-0.4, -0.2) is 30.4 Å². The van der Waals surface area contributed by atoms with Crippen molar-refractivity contribution in [2.75, 3.05) is 29.0 Å². The number of amides is 2. The van der Waals surface area contributed by atoms with Gasteiger partial charge in [-0.05, 0) is 66.0 Å². The van der Waals surface area contributed by atoms with Gasteiger partial charge in [0.1, 0.15) is 5.82 Å². The van der Waals surface area contributed by atoms with Crippen molar-refractivity contribution < 1.29 is 9.59 Å². The molecule has 0 saturated carbocycles. The lowest BCUT2D eigenvalue weighted by molar-refractivity contribution is -0.106. The summed E-state index contributed by atoms with van der Waals surface area (Å²) in [5, 5.41) is 2.85. The standard InChI is InChI=1S/C26H28N4O.CH3NO/c1-18-16-26(21-7-3-2-6-20(18)21)12-14-30(15-13-26)24-11-10-19(17-28-24)25(31)29-23-9-5-4-8-22(23)27;2-1-3/h2-11,17-18H,12-16,27H2,1H3,(H,29,31);1H,(H2,2,3)/t18-;/m1./s1. The van der Waals surface area contributed by atoms with Crippen molar-refractivity contribution in [1.29, 1.82) is 0 Å². The lowest BCUT2D eigenvalue weighted by Gasteiger charge is -2.41. The number of aromatic nitrogens is 1. The van der Waals surface area contributed by atoms with Crippen molar-refractivity contribution in [3.63, 3.8) is 0 Å². The van der Waals surface area contributed by atoms with E-state index in [9.17, 15) is 4.79 Å². The number of piperidine rings is 1. The van der Waals surface area contributed by atoms with E-state index in [0.29, 0.717) is 28.3 Å². The first-order valence-electron chi connectivity index (χ1n) is 11.6. The highest BCUT2D eigenvalue weighted by molar-refractivity contribution is 6.05. The average molecular weight is 458 g/mol. The lowest BCUT2D eigenvalue weighted by atomic mass is 9.73. The Morgan fingerprint density at radius 1 is 1.09 bits per heavy atom. The quantitative estimate of drug-likeness (QED) is 0.405. The third-order valence-electron chi connectivity index (χ3n) is 7.02. The zero-order valence-electron chi connectivity index (χ0n) is 19.4. The molecule has 176 valence electrons. The van der Waals surface area contributed by atoms with Crippen molar-refractivity contribution in [1.82, 2.24) is 4.98 Å². The molecule has 5 N–H and O–H groups in total. The van der Waals surface area contributed by atoms with Gasteiger partial charge in [-0.15, -0.1) is 0 Å². The first-order chi connectivity index (χ1) is 16.5. The van der Waals surface area contributed by atoms with E-state index in [4.69, 9.17) is 10.5 Å². The van der Waals surface area contributed by atoms with Crippen molar-refractivity contribution in [2.45, 2.75) is 37.5 Å². The topological polar surface area (TPSA) is 114 Å². The zero-order chi connectivity index (χ0) is 24.1. The number of fused-ring (bicyclic) bond motifs is 2. The summed E-state index contributed by atoms with van der Waals surface area (Å²) in [5.41, 5.74) is 15.2. The van der Waals surface area contributed by atoms with Gasteiger partial charge in [-0.25, -0.2) is 4.98 Å². The highest BCUT2D eigenvalue weighted by Gasteiger charge is 2.43. The Kier molecular flexibility index (Phi) is 6.82. The molecule has 1 spiro atoms. The van der Waals surface area contributed by atoms with Gasteiger partial charge in [0.25, 0.3) is 5.91 Å². The van der Waals surface area contributed by atoms with Crippen LogP contribution in [0.25, 0.3) is 0 Å². The van der Waals surface area contributed by atoms with E-state index in [1.165, 1.54) is 12.0 Å². The Balaban J connectivity index is 0.000000868. The molecule has 1 atom stereocenters. The molecule has 7 nitrogen and oxygen atoms in total. The summed E-state index contributed by atoms with van der Waals surface area (Å²) in [4.78, 5) is 28.1. The first-order valence-corrected chi connectivity index (χ1v) is 11.6. The predicted octanol–water partition coefficient (Wildman–Crippen LogP) is 4.06. The predicted molar refractivity (Wildman–Crippen MR) is 136 cm³/mol. The van der Waals surface area contributed by atoms with Gasteiger partial charge in [-0.3, -0.25) is 9.59 Å². The fourth-order valence-electron chi connectivity index (χ4n) is 5.37. The molecule has 1 fully saturated rings. The molecular formula is C27H31N5O2. The van der Waals surface area contributed by atoms with Gasteiger partial charge in [-0.1, -0.05) is 43.3 Å². The smallest absolute Gasteiger partial charge is 0.257 e. The number of nitrogens with one attached hydrogen (secondary N) is 1. The number of nitrogens with two attached hydrogens (primary N) is 2. The summed E-state index contributed by atoms with van der Waals surface area (Å²) in [7, 11) is 0. The van der Waals surface area contributed by atoms with Gasteiger partial charge in [0, 0.05) is 19.3 Å². The molecule has 7 heteroatoms. The molecule has 3 aromatic rings. The number of nitrogen functional groups attached to an aromatic ring is 1. The molecule has 5 rings (SSSR count). The van der Waals surface area contributed by atoms with Crippen LogP contribution >= 0.6 is 0 Å². The maximum atomic E-state index is 12.6. The molecule has 2 heterocycles. The largest absolute Gasteiger partial charge is 0.397 e. The van der Waals surface area contributed by atoms with Crippen LogP contribution in [0.4, 0.5) is 17.2 Å². The van der Waals surface area contributed by atoms with Crippen molar-refractivity contribution in [3.8, 4) is 0 Å². The third-order valence-corrected chi connectivity index (χ3v) is 7.02. The molecular weight excluding hydrogens is 426 g/mol. The zero-order valence-corrected chi connectivity index (χ0v) is 19.4. The van der Waals surface area contributed by atoms with Gasteiger partial charge >= 0.3 is 0 Å². The summed E-state index contributed by atoms with van der Waals surface area (Å²) >= 11 is 0. The number of carbonyl (C=O) groups excluding carboxylic acids is 2.